The third-order valence-corrected chi connectivity index (χ3v) is 5.40. The number of carbonyl (C=O) groups is 1. The summed E-state index contributed by atoms with van der Waals surface area (Å²) in [5.74, 6) is 1.47. The maximum atomic E-state index is 12.7. The molecule has 3 heterocycles. The van der Waals surface area contributed by atoms with Gasteiger partial charge >= 0.3 is 0 Å². The third kappa shape index (κ3) is 2.89. The Morgan fingerprint density at radius 2 is 2.04 bits per heavy atom. The number of carbonyl (C=O) groups excluding carboxylic acids is 1. The summed E-state index contributed by atoms with van der Waals surface area (Å²) in [6.45, 7) is 8.39. The SMILES string of the molecule is CCn1nc(C(=O)N2CCC(c3nc4c(C)cccc4[nH]3)CC2)cc1C. The Labute approximate surface area is 153 Å². The van der Waals surface area contributed by atoms with E-state index in [2.05, 4.69) is 35.2 Å². The number of rotatable bonds is 3. The predicted octanol–water partition coefficient (Wildman–Crippen LogP) is 3.42. The molecule has 0 saturated carbocycles. The van der Waals surface area contributed by atoms with E-state index in [1.165, 1.54) is 5.56 Å². The van der Waals surface area contributed by atoms with Gasteiger partial charge in [0.2, 0.25) is 0 Å². The van der Waals surface area contributed by atoms with Gasteiger partial charge in [-0.3, -0.25) is 9.48 Å². The number of hydrogen-bond donors (Lipinski definition) is 1. The summed E-state index contributed by atoms with van der Waals surface area (Å²) in [5, 5.41) is 4.43. The molecule has 4 rings (SSSR count). The molecule has 1 aliphatic rings. The van der Waals surface area contributed by atoms with Gasteiger partial charge in [0.1, 0.15) is 5.82 Å². The van der Waals surface area contributed by atoms with Crippen molar-refractivity contribution < 1.29 is 4.79 Å². The molecule has 0 radical (unpaired) electrons. The van der Waals surface area contributed by atoms with Crippen LogP contribution in [0.25, 0.3) is 11.0 Å². The number of likely N-dealkylation sites (tertiary alicyclic amines) is 1. The van der Waals surface area contributed by atoms with Crippen LogP contribution in [-0.4, -0.2) is 43.6 Å². The minimum Gasteiger partial charge on any atom is -0.342 e. The maximum absolute atomic E-state index is 12.7. The highest BCUT2D eigenvalue weighted by atomic mass is 16.2. The number of nitrogens with zero attached hydrogens (tertiary/aromatic N) is 4. The summed E-state index contributed by atoms with van der Waals surface area (Å²) in [6, 6.07) is 8.10. The Hall–Kier alpha value is -2.63. The molecule has 1 aromatic carbocycles. The van der Waals surface area contributed by atoms with Crippen molar-refractivity contribution in [1.82, 2.24) is 24.6 Å². The van der Waals surface area contributed by atoms with Crippen molar-refractivity contribution in [1.29, 1.82) is 0 Å². The summed E-state index contributed by atoms with van der Waals surface area (Å²) in [6.07, 6.45) is 1.86. The molecule has 1 fully saturated rings. The zero-order chi connectivity index (χ0) is 18.3. The second-order valence-corrected chi connectivity index (χ2v) is 7.15. The second-order valence-electron chi connectivity index (χ2n) is 7.15. The Morgan fingerprint density at radius 1 is 1.27 bits per heavy atom. The minimum atomic E-state index is 0.0409. The first-order valence-electron chi connectivity index (χ1n) is 9.35. The van der Waals surface area contributed by atoms with E-state index in [9.17, 15) is 4.79 Å². The number of nitrogens with one attached hydrogen (secondary N) is 1. The van der Waals surface area contributed by atoms with Crippen LogP contribution in [-0.2, 0) is 6.54 Å². The lowest BCUT2D eigenvalue weighted by Gasteiger charge is -2.30. The molecular weight excluding hydrogens is 326 g/mol. The van der Waals surface area contributed by atoms with Crippen LogP contribution in [0.15, 0.2) is 24.3 Å². The molecule has 0 spiro atoms. The number of fused-ring (bicyclic) bond motifs is 1. The minimum absolute atomic E-state index is 0.0409. The van der Waals surface area contributed by atoms with Crippen LogP contribution >= 0.6 is 0 Å². The number of benzene rings is 1. The summed E-state index contributed by atoms with van der Waals surface area (Å²) in [5.41, 5.74) is 4.94. The van der Waals surface area contributed by atoms with Crippen molar-refractivity contribution >= 4 is 16.9 Å². The number of H-pyrrole nitrogens is 1. The molecule has 0 unspecified atom stereocenters. The van der Waals surface area contributed by atoms with Crippen LogP contribution in [0.2, 0.25) is 0 Å². The lowest BCUT2D eigenvalue weighted by Crippen LogP contribution is -2.38. The quantitative estimate of drug-likeness (QED) is 0.786. The first-order chi connectivity index (χ1) is 12.6. The number of aromatic nitrogens is 4. The van der Waals surface area contributed by atoms with Crippen molar-refractivity contribution in [2.45, 2.75) is 46.1 Å². The predicted molar refractivity (Wildman–Crippen MR) is 101 cm³/mol. The first kappa shape index (κ1) is 16.8. The summed E-state index contributed by atoms with van der Waals surface area (Å²) in [4.78, 5) is 22.9. The summed E-state index contributed by atoms with van der Waals surface area (Å²) < 4.78 is 1.87. The number of imidazole rings is 1. The molecule has 26 heavy (non-hydrogen) atoms. The van der Waals surface area contributed by atoms with E-state index in [4.69, 9.17) is 4.98 Å². The number of hydrogen-bond acceptors (Lipinski definition) is 3. The van der Waals surface area contributed by atoms with Gasteiger partial charge in [0.25, 0.3) is 5.91 Å². The van der Waals surface area contributed by atoms with Gasteiger partial charge in [-0.2, -0.15) is 5.10 Å². The van der Waals surface area contributed by atoms with E-state index in [0.29, 0.717) is 11.6 Å². The molecule has 3 aromatic rings. The van der Waals surface area contributed by atoms with E-state index >= 15 is 0 Å². The molecule has 0 aliphatic carbocycles. The number of piperidine rings is 1. The molecule has 1 amide bonds. The topological polar surface area (TPSA) is 66.8 Å². The van der Waals surface area contributed by atoms with Gasteiger partial charge < -0.3 is 9.88 Å². The lowest BCUT2D eigenvalue weighted by molar-refractivity contribution is 0.0704. The molecule has 136 valence electrons. The molecule has 6 heteroatoms. The first-order valence-corrected chi connectivity index (χ1v) is 9.35. The molecular formula is C20H25N5O. The van der Waals surface area contributed by atoms with Crippen LogP contribution in [0, 0.1) is 13.8 Å². The summed E-state index contributed by atoms with van der Waals surface area (Å²) in [7, 11) is 0. The molecule has 1 aliphatic heterocycles. The van der Waals surface area contributed by atoms with E-state index in [0.717, 1.165) is 55.0 Å². The Kier molecular flexibility index (Phi) is 4.26. The van der Waals surface area contributed by atoms with Gasteiger partial charge in [-0.1, -0.05) is 12.1 Å². The molecule has 1 saturated heterocycles. The van der Waals surface area contributed by atoms with E-state index < -0.39 is 0 Å². The molecule has 6 nitrogen and oxygen atoms in total. The van der Waals surface area contributed by atoms with Crippen LogP contribution < -0.4 is 0 Å². The normalized spacial score (nSPS) is 15.7. The van der Waals surface area contributed by atoms with Crippen molar-refractivity contribution in [3.05, 3.63) is 47.0 Å². The fourth-order valence-electron chi connectivity index (χ4n) is 3.84. The number of para-hydroxylation sites is 1. The third-order valence-electron chi connectivity index (χ3n) is 5.40. The highest BCUT2D eigenvalue weighted by Crippen LogP contribution is 2.29. The summed E-state index contributed by atoms with van der Waals surface area (Å²) >= 11 is 0. The lowest BCUT2D eigenvalue weighted by atomic mass is 9.96. The van der Waals surface area contributed by atoms with Crippen molar-refractivity contribution in [2.24, 2.45) is 0 Å². The Balaban J connectivity index is 1.46. The van der Waals surface area contributed by atoms with E-state index in [1.54, 1.807) is 0 Å². The Morgan fingerprint density at radius 3 is 2.69 bits per heavy atom. The molecule has 0 atom stereocenters. The fourth-order valence-corrected chi connectivity index (χ4v) is 3.84. The van der Waals surface area contributed by atoms with E-state index in [1.807, 2.05) is 29.5 Å². The monoisotopic (exact) mass is 351 g/mol. The Bertz CT molecular complexity index is 946. The molecule has 0 bridgehead atoms. The highest BCUT2D eigenvalue weighted by molar-refractivity contribution is 5.92. The van der Waals surface area contributed by atoms with Gasteiger partial charge in [-0.15, -0.1) is 0 Å². The number of amides is 1. The largest absolute Gasteiger partial charge is 0.342 e. The number of aromatic amines is 1. The van der Waals surface area contributed by atoms with Crippen molar-refractivity contribution in [3.63, 3.8) is 0 Å². The highest BCUT2D eigenvalue weighted by Gasteiger charge is 2.27. The average Bonchev–Trinajstić information content (AvgIpc) is 3.25. The van der Waals surface area contributed by atoms with Gasteiger partial charge in [0, 0.05) is 31.2 Å². The molecule has 1 N–H and O–H groups in total. The van der Waals surface area contributed by atoms with Gasteiger partial charge in [0.15, 0.2) is 5.69 Å². The van der Waals surface area contributed by atoms with Crippen LogP contribution in [0.5, 0.6) is 0 Å². The standard InChI is InChI=1S/C20H25N5O/c1-4-25-14(3)12-17(23-25)20(26)24-10-8-15(9-11-24)19-21-16-7-5-6-13(2)18(16)22-19/h5-7,12,15H,4,8-11H2,1-3H3,(H,21,22). The zero-order valence-electron chi connectivity index (χ0n) is 15.6. The fraction of sp³-hybridized carbons (Fsp3) is 0.450. The van der Waals surface area contributed by atoms with Crippen LogP contribution in [0.1, 0.15) is 53.3 Å². The number of aryl methyl sites for hydroxylation is 3. The van der Waals surface area contributed by atoms with Gasteiger partial charge in [-0.25, -0.2) is 4.98 Å². The van der Waals surface area contributed by atoms with Crippen molar-refractivity contribution in [2.75, 3.05) is 13.1 Å². The average molecular weight is 351 g/mol. The molecule has 2 aromatic heterocycles. The van der Waals surface area contributed by atoms with Gasteiger partial charge in [-0.05, 0) is 51.3 Å². The smallest absolute Gasteiger partial charge is 0.274 e. The second kappa shape index (κ2) is 6.59. The van der Waals surface area contributed by atoms with Gasteiger partial charge in [0.05, 0.1) is 11.0 Å². The van der Waals surface area contributed by atoms with Crippen LogP contribution in [0.4, 0.5) is 0 Å². The van der Waals surface area contributed by atoms with Crippen molar-refractivity contribution in [3.8, 4) is 0 Å². The van der Waals surface area contributed by atoms with E-state index in [-0.39, 0.29) is 5.91 Å². The maximum Gasteiger partial charge on any atom is 0.274 e. The zero-order valence-corrected chi connectivity index (χ0v) is 15.6. The van der Waals surface area contributed by atoms with Crippen LogP contribution in [0.3, 0.4) is 0 Å².